The van der Waals surface area contributed by atoms with Gasteiger partial charge in [-0.25, -0.2) is 4.79 Å². The molecule has 1 aromatic carbocycles. The van der Waals surface area contributed by atoms with Gasteiger partial charge in [0.15, 0.2) is 5.82 Å². The van der Waals surface area contributed by atoms with E-state index in [4.69, 9.17) is 4.52 Å². The minimum absolute atomic E-state index is 0.0564. The monoisotopic (exact) mass is 354 g/mol. The fraction of sp³-hybridized carbons (Fsp3) is 0.438. The second-order valence-electron chi connectivity index (χ2n) is 5.99. The van der Waals surface area contributed by atoms with Gasteiger partial charge in [0.25, 0.3) is 0 Å². The Kier molecular flexibility index (Phi) is 4.65. The zero-order chi connectivity index (χ0) is 18.0. The summed E-state index contributed by atoms with van der Waals surface area (Å²) >= 11 is 0. The standard InChI is InChI=1S/C16H17F3N4O2/c1-9(11-3-2-4-12(7-11)16(17,18)19)21-15(24)20-8-13-22-14(23-25-13)10-5-6-10/h2-4,7,9-10H,5-6,8H2,1H3,(H2,20,21,24). The Bertz CT molecular complexity index is 756. The molecule has 1 aliphatic carbocycles. The lowest BCUT2D eigenvalue weighted by molar-refractivity contribution is -0.137. The van der Waals surface area contributed by atoms with Crippen LogP contribution in [0.1, 0.15) is 54.6 Å². The van der Waals surface area contributed by atoms with Crippen LogP contribution in [0.15, 0.2) is 28.8 Å². The molecule has 1 aliphatic rings. The fourth-order valence-corrected chi connectivity index (χ4v) is 2.32. The van der Waals surface area contributed by atoms with Crippen molar-refractivity contribution in [2.24, 2.45) is 0 Å². The predicted octanol–water partition coefficient (Wildman–Crippen LogP) is 3.53. The van der Waals surface area contributed by atoms with Gasteiger partial charge < -0.3 is 15.2 Å². The molecule has 1 atom stereocenters. The van der Waals surface area contributed by atoms with Gasteiger partial charge in [0.05, 0.1) is 18.2 Å². The zero-order valence-corrected chi connectivity index (χ0v) is 13.4. The van der Waals surface area contributed by atoms with Gasteiger partial charge in [0.1, 0.15) is 0 Å². The highest BCUT2D eigenvalue weighted by molar-refractivity contribution is 5.74. The summed E-state index contributed by atoms with van der Waals surface area (Å²) in [4.78, 5) is 16.1. The number of carbonyl (C=O) groups excluding carboxylic acids is 1. The second-order valence-corrected chi connectivity index (χ2v) is 5.99. The van der Waals surface area contributed by atoms with Gasteiger partial charge >= 0.3 is 12.2 Å². The van der Waals surface area contributed by atoms with Crippen molar-refractivity contribution in [2.75, 3.05) is 0 Å². The van der Waals surface area contributed by atoms with Crippen molar-refractivity contribution >= 4 is 6.03 Å². The van der Waals surface area contributed by atoms with Gasteiger partial charge in [-0.15, -0.1) is 0 Å². The Morgan fingerprint density at radius 2 is 2.16 bits per heavy atom. The Morgan fingerprint density at radius 3 is 2.84 bits per heavy atom. The van der Waals surface area contributed by atoms with Crippen LogP contribution in [0.3, 0.4) is 0 Å². The van der Waals surface area contributed by atoms with E-state index in [2.05, 4.69) is 20.8 Å². The summed E-state index contributed by atoms with van der Waals surface area (Å²) in [7, 11) is 0. The largest absolute Gasteiger partial charge is 0.416 e. The van der Waals surface area contributed by atoms with Crippen LogP contribution in [-0.2, 0) is 12.7 Å². The smallest absolute Gasteiger partial charge is 0.337 e. The Morgan fingerprint density at radius 1 is 1.40 bits per heavy atom. The molecule has 25 heavy (non-hydrogen) atoms. The molecule has 134 valence electrons. The first-order chi connectivity index (χ1) is 11.8. The zero-order valence-electron chi connectivity index (χ0n) is 13.4. The molecule has 1 fully saturated rings. The molecule has 0 aliphatic heterocycles. The molecule has 1 saturated carbocycles. The van der Waals surface area contributed by atoms with E-state index < -0.39 is 23.8 Å². The number of hydrogen-bond acceptors (Lipinski definition) is 4. The molecule has 6 nitrogen and oxygen atoms in total. The molecule has 2 aromatic rings. The third kappa shape index (κ3) is 4.49. The number of nitrogens with zero attached hydrogens (tertiary/aromatic N) is 2. The first-order valence-electron chi connectivity index (χ1n) is 7.87. The summed E-state index contributed by atoms with van der Waals surface area (Å²) < 4.78 is 43.3. The first-order valence-corrected chi connectivity index (χ1v) is 7.87. The SMILES string of the molecule is CC(NC(=O)NCc1nc(C2CC2)no1)c1cccc(C(F)(F)F)c1. The van der Waals surface area contributed by atoms with Gasteiger partial charge in [0.2, 0.25) is 5.89 Å². The van der Waals surface area contributed by atoms with Crippen molar-refractivity contribution < 1.29 is 22.5 Å². The van der Waals surface area contributed by atoms with Crippen molar-refractivity contribution in [3.63, 3.8) is 0 Å². The summed E-state index contributed by atoms with van der Waals surface area (Å²) in [5.74, 6) is 1.30. The summed E-state index contributed by atoms with van der Waals surface area (Å²) in [6.45, 7) is 1.66. The molecular weight excluding hydrogens is 337 g/mol. The average Bonchev–Trinajstić information content (AvgIpc) is 3.31. The van der Waals surface area contributed by atoms with E-state index in [0.29, 0.717) is 23.2 Å². The Labute approximate surface area is 141 Å². The van der Waals surface area contributed by atoms with Crippen molar-refractivity contribution in [1.82, 2.24) is 20.8 Å². The van der Waals surface area contributed by atoms with Crippen LogP contribution in [0.25, 0.3) is 0 Å². The number of halogens is 3. The maximum absolute atomic E-state index is 12.7. The van der Waals surface area contributed by atoms with E-state index in [0.717, 1.165) is 25.0 Å². The third-order valence-electron chi connectivity index (χ3n) is 3.89. The average molecular weight is 354 g/mol. The van der Waals surface area contributed by atoms with Crippen molar-refractivity contribution in [3.8, 4) is 0 Å². The number of rotatable bonds is 5. The van der Waals surface area contributed by atoms with E-state index in [1.165, 1.54) is 12.1 Å². The Hall–Kier alpha value is -2.58. The molecule has 3 rings (SSSR count). The number of aromatic nitrogens is 2. The molecule has 1 heterocycles. The topological polar surface area (TPSA) is 80.0 Å². The maximum Gasteiger partial charge on any atom is 0.416 e. The van der Waals surface area contributed by atoms with E-state index in [-0.39, 0.29) is 6.54 Å². The number of hydrogen-bond donors (Lipinski definition) is 2. The molecule has 9 heteroatoms. The van der Waals surface area contributed by atoms with Crippen LogP contribution in [0.2, 0.25) is 0 Å². The van der Waals surface area contributed by atoms with Gasteiger partial charge in [-0.1, -0.05) is 17.3 Å². The molecule has 2 amide bonds. The third-order valence-corrected chi connectivity index (χ3v) is 3.89. The van der Waals surface area contributed by atoms with E-state index in [1.54, 1.807) is 6.92 Å². The highest BCUT2D eigenvalue weighted by atomic mass is 19.4. The minimum Gasteiger partial charge on any atom is -0.337 e. The first kappa shape index (κ1) is 17.2. The number of urea groups is 1. The molecule has 0 spiro atoms. The predicted molar refractivity (Wildman–Crippen MR) is 81.5 cm³/mol. The van der Waals surface area contributed by atoms with E-state index in [9.17, 15) is 18.0 Å². The van der Waals surface area contributed by atoms with Crippen LogP contribution >= 0.6 is 0 Å². The van der Waals surface area contributed by atoms with Gasteiger partial charge in [0, 0.05) is 5.92 Å². The lowest BCUT2D eigenvalue weighted by Gasteiger charge is -2.16. The van der Waals surface area contributed by atoms with Gasteiger partial charge in [-0.3, -0.25) is 0 Å². The molecule has 0 radical (unpaired) electrons. The van der Waals surface area contributed by atoms with Gasteiger partial charge in [-0.2, -0.15) is 18.2 Å². The highest BCUT2D eigenvalue weighted by Gasteiger charge is 2.31. The lowest BCUT2D eigenvalue weighted by Crippen LogP contribution is -2.36. The number of carbonyl (C=O) groups is 1. The summed E-state index contributed by atoms with van der Waals surface area (Å²) in [6, 6.07) is 3.73. The number of amides is 2. The van der Waals surface area contributed by atoms with Crippen molar-refractivity contribution in [1.29, 1.82) is 0 Å². The summed E-state index contributed by atoms with van der Waals surface area (Å²) in [5, 5.41) is 8.96. The van der Waals surface area contributed by atoms with E-state index >= 15 is 0 Å². The van der Waals surface area contributed by atoms with Crippen LogP contribution in [-0.4, -0.2) is 16.2 Å². The molecule has 0 saturated heterocycles. The van der Waals surface area contributed by atoms with Crippen molar-refractivity contribution in [2.45, 2.75) is 44.4 Å². The second kappa shape index (κ2) is 6.73. The Balaban J connectivity index is 1.53. The van der Waals surface area contributed by atoms with E-state index in [1.807, 2.05) is 0 Å². The number of alkyl halides is 3. The normalized spacial score (nSPS) is 15.7. The summed E-state index contributed by atoms with van der Waals surface area (Å²) in [6.07, 6.45) is -2.34. The quantitative estimate of drug-likeness (QED) is 0.861. The number of benzene rings is 1. The van der Waals surface area contributed by atoms with Crippen LogP contribution < -0.4 is 10.6 Å². The molecule has 2 N–H and O–H groups in total. The van der Waals surface area contributed by atoms with Crippen LogP contribution in [0, 0.1) is 0 Å². The van der Waals surface area contributed by atoms with Crippen LogP contribution in [0.5, 0.6) is 0 Å². The maximum atomic E-state index is 12.7. The molecule has 1 unspecified atom stereocenters. The molecule has 0 bridgehead atoms. The van der Waals surface area contributed by atoms with Gasteiger partial charge in [-0.05, 0) is 37.5 Å². The van der Waals surface area contributed by atoms with Crippen LogP contribution in [0.4, 0.5) is 18.0 Å². The number of nitrogens with one attached hydrogen (secondary N) is 2. The summed E-state index contributed by atoms with van der Waals surface area (Å²) in [5.41, 5.74) is -0.392. The molecular formula is C16H17F3N4O2. The highest BCUT2D eigenvalue weighted by Crippen LogP contribution is 2.38. The lowest BCUT2D eigenvalue weighted by atomic mass is 10.1. The van der Waals surface area contributed by atoms with Crippen molar-refractivity contribution in [3.05, 3.63) is 47.1 Å². The molecule has 1 aromatic heterocycles. The fourth-order valence-electron chi connectivity index (χ4n) is 2.32. The minimum atomic E-state index is -4.42.